The maximum absolute atomic E-state index is 5.14. The van der Waals surface area contributed by atoms with Crippen LogP contribution in [0.25, 0.3) is 0 Å². The topological polar surface area (TPSA) is 37.4 Å². The van der Waals surface area contributed by atoms with Crippen molar-refractivity contribution in [2.45, 2.75) is 36.7 Å². The van der Waals surface area contributed by atoms with E-state index in [1.54, 1.807) is 19.1 Å². The molecule has 0 saturated carbocycles. The van der Waals surface area contributed by atoms with Crippen LogP contribution < -0.4 is 5.32 Å². The summed E-state index contributed by atoms with van der Waals surface area (Å²) in [6.45, 7) is 2.53. The number of benzene rings is 1. The Kier molecular flexibility index (Phi) is 6.87. The van der Waals surface area contributed by atoms with Crippen molar-refractivity contribution in [3.63, 3.8) is 0 Å². The maximum Gasteiger partial charge on any atom is 0.0605 e. The van der Waals surface area contributed by atoms with Crippen LogP contribution in [0.15, 0.2) is 47.5 Å². The Labute approximate surface area is 155 Å². The molecule has 1 unspecified atom stereocenters. The lowest BCUT2D eigenvalue weighted by Gasteiger charge is -2.25. The monoisotopic (exact) mass is 357 g/mol. The molecule has 1 aliphatic rings. The lowest BCUT2D eigenvalue weighted by atomic mass is 9.92. The fraction of sp³-hybridized carbons (Fsp3) is 0.450. The molecule has 1 aromatic carbocycles. The highest BCUT2D eigenvalue weighted by Gasteiger charge is 2.20. The number of fused-ring (bicyclic) bond motifs is 1. The largest absolute Gasteiger partial charge is 0.383 e. The molecule has 0 fully saturated rings. The molecule has 1 atom stereocenters. The Morgan fingerprint density at radius 2 is 2.24 bits per heavy atom. The zero-order chi connectivity index (χ0) is 17.5. The first-order chi connectivity index (χ1) is 12.3. The SMILES string of the molecule is COCCN(C)Sc1cccc(CNC2CCCc3cccnc32)c1. The number of ether oxygens (including phenoxy) is 1. The van der Waals surface area contributed by atoms with Gasteiger partial charge in [0, 0.05) is 31.3 Å². The molecule has 0 spiro atoms. The van der Waals surface area contributed by atoms with Crippen LogP contribution in [-0.2, 0) is 17.7 Å². The van der Waals surface area contributed by atoms with E-state index in [-0.39, 0.29) is 0 Å². The Morgan fingerprint density at radius 1 is 1.32 bits per heavy atom. The van der Waals surface area contributed by atoms with Gasteiger partial charge >= 0.3 is 0 Å². The molecule has 5 heteroatoms. The summed E-state index contributed by atoms with van der Waals surface area (Å²) < 4.78 is 7.34. The van der Waals surface area contributed by atoms with Crippen molar-refractivity contribution in [1.29, 1.82) is 0 Å². The first kappa shape index (κ1) is 18.4. The van der Waals surface area contributed by atoms with Crippen LogP contribution in [0.5, 0.6) is 0 Å². The molecule has 25 heavy (non-hydrogen) atoms. The zero-order valence-electron chi connectivity index (χ0n) is 15.1. The van der Waals surface area contributed by atoms with Gasteiger partial charge in [0.05, 0.1) is 18.3 Å². The molecule has 4 nitrogen and oxygen atoms in total. The molecule has 0 amide bonds. The summed E-state index contributed by atoms with van der Waals surface area (Å²) in [4.78, 5) is 5.88. The number of pyridine rings is 1. The van der Waals surface area contributed by atoms with Gasteiger partial charge in [-0.3, -0.25) is 4.98 Å². The van der Waals surface area contributed by atoms with Gasteiger partial charge in [0.15, 0.2) is 0 Å². The summed E-state index contributed by atoms with van der Waals surface area (Å²) in [5.74, 6) is 0. The van der Waals surface area contributed by atoms with Gasteiger partial charge in [0.2, 0.25) is 0 Å². The van der Waals surface area contributed by atoms with Crippen LogP contribution in [0.2, 0.25) is 0 Å². The van der Waals surface area contributed by atoms with E-state index in [4.69, 9.17) is 4.74 Å². The quantitative estimate of drug-likeness (QED) is 0.727. The third-order valence-electron chi connectivity index (χ3n) is 4.52. The van der Waals surface area contributed by atoms with Crippen molar-refractivity contribution in [3.05, 3.63) is 59.4 Å². The van der Waals surface area contributed by atoms with Gasteiger partial charge in [-0.2, -0.15) is 0 Å². The number of methoxy groups -OCH3 is 1. The van der Waals surface area contributed by atoms with Gasteiger partial charge in [-0.25, -0.2) is 4.31 Å². The number of nitrogens with one attached hydrogen (secondary N) is 1. The number of hydrogen-bond donors (Lipinski definition) is 1. The summed E-state index contributed by atoms with van der Waals surface area (Å²) in [5.41, 5.74) is 3.95. The first-order valence-corrected chi connectivity index (χ1v) is 9.68. The summed E-state index contributed by atoms with van der Waals surface area (Å²) >= 11 is 1.76. The van der Waals surface area contributed by atoms with Gasteiger partial charge in [0.25, 0.3) is 0 Å². The summed E-state index contributed by atoms with van der Waals surface area (Å²) in [7, 11) is 3.84. The van der Waals surface area contributed by atoms with Crippen LogP contribution in [0.4, 0.5) is 0 Å². The predicted octanol–water partition coefficient (Wildman–Crippen LogP) is 3.83. The van der Waals surface area contributed by atoms with Crippen molar-refractivity contribution in [3.8, 4) is 0 Å². The number of nitrogens with zero attached hydrogens (tertiary/aromatic N) is 2. The van der Waals surface area contributed by atoms with E-state index in [9.17, 15) is 0 Å². The fourth-order valence-corrected chi connectivity index (χ4v) is 4.08. The maximum atomic E-state index is 5.14. The average molecular weight is 358 g/mol. The van der Waals surface area contributed by atoms with Gasteiger partial charge in [-0.15, -0.1) is 0 Å². The van der Waals surface area contributed by atoms with E-state index in [0.29, 0.717) is 6.04 Å². The summed E-state index contributed by atoms with van der Waals surface area (Å²) in [5, 5.41) is 3.70. The molecule has 2 aromatic rings. The normalized spacial score (nSPS) is 16.8. The average Bonchev–Trinajstić information content (AvgIpc) is 2.65. The van der Waals surface area contributed by atoms with E-state index in [1.165, 1.54) is 28.1 Å². The molecular weight excluding hydrogens is 330 g/mol. The first-order valence-electron chi connectivity index (χ1n) is 8.90. The minimum atomic E-state index is 0.366. The predicted molar refractivity (Wildman–Crippen MR) is 104 cm³/mol. The second kappa shape index (κ2) is 9.34. The van der Waals surface area contributed by atoms with Crippen molar-refractivity contribution >= 4 is 11.9 Å². The van der Waals surface area contributed by atoms with E-state index >= 15 is 0 Å². The number of aryl methyl sites for hydroxylation is 1. The van der Waals surface area contributed by atoms with Crippen molar-refractivity contribution < 1.29 is 4.74 Å². The highest BCUT2D eigenvalue weighted by atomic mass is 32.2. The number of hydrogen-bond acceptors (Lipinski definition) is 5. The van der Waals surface area contributed by atoms with E-state index < -0.39 is 0 Å². The van der Waals surface area contributed by atoms with E-state index in [1.807, 2.05) is 12.3 Å². The van der Waals surface area contributed by atoms with Crippen LogP contribution >= 0.6 is 11.9 Å². The Morgan fingerprint density at radius 3 is 3.12 bits per heavy atom. The van der Waals surface area contributed by atoms with Crippen LogP contribution in [0.1, 0.15) is 35.7 Å². The molecular formula is C20H27N3OS. The lowest BCUT2D eigenvalue weighted by Crippen LogP contribution is -2.25. The molecule has 3 rings (SSSR count). The molecule has 0 saturated heterocycles. The van der Waals surface area contributed by atoms with E-state index in [2.05, 4.69) is 52.0 Å². The molecule has 134 valence electrons. The Hall–Kier alpha value is -1.40. The zero-order valence-corrected chi connectivity index (χ0v) is 15.9. The highest BCUT2D eigenvalue weighted by Crippen LogP contribution is 2.28. The molecule has 0 aliphatic heterocycles. The number of aromatic nitrogens is 1. The molecule has 0 bridgehead atoms. The van der Waals surface area contributed by atoms with Crippen molar-refractivity contribution in [1.82, 2.24) is 14.6 Å². The fourth-order valence-electron chi connectivity index (χ4n) is 3.21. The van der Waals surface area contributed by atoms with Gasteiger partial charge in [-0.05, 0) is 67.6 Å². The van der Waals surface area contributed by atoms with Crippen LogP contribution in [0.3, 0.4) is 0 Å². The molecule has 1 heterocycles. The van der Waals surface area contributed by atoms with Gasteiger partial charge in [0.1, 0.15) is 0 Å². The minimum Gasteiger partial charge on any atom is -0.383 e. The molecule has 1 N–H and O–H groups in total. The van der Waals surface area contributed by atoms with Crippen molar-refractivity contribution in [2.24, 2.45) is 0 Å². The van der Waals surface area contributed by atoms with E-state index in [0.717, 1.165) is 32.5 Å². The number of rotatable bonds is 8. The smallest absolute Gasteiger partial charge is 0.0605 e. The van der Waals surface area contributed by atoms with Crippen LogP contribution in [-0.4, -0.2) is 36.6 Å². The standard InChI is InChI=1S/C20H27N3OS/c1-23(12-13-24-2)25-18-9-3-6-16(14-18)15-22-19-10-4-7-17-8-5-11-21-20(17)19/h3,5-6,8-9,11,14,19,22H,4,7,10,12-13,15H2,1-2H3. The highest BCUT2D eigenvalue weighted by molar-refractivity contribution is 7.97. The molecule has 1 aliphatic carbocycles. The van der Waals surface area contributed by atoms with Crippen LogP contribution in [0, 0.1) is 0 Å². The van der Waals surface area contributed by atoms with Gasteiger partial charge in [-0.1, -0.05) is 18.2 Å². The molecule has 1 aromatic heterocycles. The third kappa shape index (κ3) is 5.28. The Balaban J connectivity index is 1.58. The molecule has 0 radical (unpaired) electrons. The van der Waals surface area contributed by atoms with Gasteiger partial charge < -0.3 is 10.1 Å². The minimum absolute atomic E-state index is 0.366. The second-order valence-corrected chi connectivity index (χ2v) is 7.73. The van der Waals surface area contributed by atoms with Crippen molar-refractivity contribution in [2.75, 3.05) is 27.3 Å². The third-order valence-corrected chi connectivity index (χ3v) is 5.48. The summed E-state index contributed by atoms with van der Waals surface area (Å²) in [6.07, 6.45) is 5.46. The lowest BCUT2D eigenvalue weighted by molar-refractivity contribution is 0.188. The number of likely N-dealkylation sites (N-methyl/N-ethyl adjacent to an activating group) is 1. The second-order valence-electron chi connectivity index (χ2n) is 6.46. The Bertz CT molecular complexity index is 679. The summed E-state index contributed by atoms with van der Waals surface area (Å²) in [6, 6.07) is 13.4.